The molecule has 0 saturated carbocycles. The van der Waals surface area contributed by atoms with Crippen molar-refractivity contribution in [2.24, 2.45) is 5.92 Å². The highest BCUT2D eigenvalue weighted by molar-refractivity contribution is 5.40. The molecule has 0 spiro atoms. The van der Waals surface area contributed by atoms with Crippen molar-refractivity contribution in [3.05, 3.63) is 42.5 Å². The van der Waals surface area contributed by atoms with Crippen LogP contribution in [0, 0.1) is 5.92 Å². The highest BCUT2D eigenvalue weighted by Gasteiger charge is 2.26. The van der Waals surface area contributed by atoms with Crippen molar-refractivity contribution in [3.63, 3.8) is 0 Å². The van der Waals surface area contributed by atoms with Gasteiger partial charge in [-0.3, -0.25) is 14.6 Å². The van der Waals surface area contributed by atoms with Gasteiger partial charge in [-0.1, -0.05) is 13.0 Å². The molecule has 1 saturated heterocycles. The standard InChI is InChI=1S/C19H29N5/c1-15-12-23(13-16-7-5-6-9-20-16)10-8-18(15)22-17-11-21-24(14-17)19(2,3)4/h5-7,9,11,14-15,18,22H,8,10,12-13H2,1-4H3/t15-,18+/m0/s1. The smallest absolute Gasteiger partial charge is 0.0729 e. The minimum Gasteiger partial charge on any atom is -0.379 e. The molecule has 130 valence electrons. The minimum atomic E-state index is 0.0254. The third-order valence-electron chi connectivity index (χ3n) is 4.72. The molecule has 3 heterocycles. The Bertz CT molecular complexity index is 643. The van der Waals surface area contributed by atoms with Crippen LogP contribution in [0.5, 0.6) is 0 Å². The second-order valence-corrected chi connectivity index (χ2v) is 7.92. The summed E-state index contributed by atoms with van der Waals surface area (Å²) >= 11 is 0. The molecule has 5 nitrogen and oxygen atoms in total. The zero-order chi connectivity index (χ0) is 17.2. The molecule has 0 aromatic carbocycles. The molecule has 24 heavy (non-hydrogen) atoms. The number of aromatic nitrogens is 3. The Morgan fingerprint density at radius 1 is 1.29 bits per heavy atom. The molecule has 1 aliphatic heterocycles. The van der Waals surface area contributed by atoms with Gasteiger partial charge in [-0.05, 0) is 45.2 Å². The van der Waals surface area contributed by atoms with Crippen molar-refractivity contribution in [1.29, 1.82) is 0 Å². The summed E-state index contributed by atoms with van der Waals surface area (Å²) in [6.45, 7) is 12.0. The molecule has 0 unspecified atom stereocenters. The lowest BCUT2D eigenvalue weighted by Gasteiger charge is -2.37. The predicted molar refractivity (Wildman–Crippen MR) is 97.9 cm³/mol. The first-order valence-electron chi connectivity index (χ1n) is 8.86. The van der Waals surface area contributed by atoms with Crippen molar-refractivity contribution >= 4 is 5.69 Å². The Balaban J connectivity index is 1.55. The van der Waals surface area contributed by atoms with Crippen LogP contribution in [0.4, 0.5) is 5.69 Å². The fraction of sp³-hybridized carbons (Fsp3) is 0.579. The third-order valence-corrected chi connectivity index (χ3v) is 4.72. The van der Waals surface area contributed by atoms with E-state index in [0.29, 0.717) is 12.0 Å². The maximum atomic E-state index is 4.48. The molecule has 2 atom stereocenters. The molecular formula is C19H29N5. The van der Waals surface area contributed by atoms with E-state index < -0.39 is 0 Å². The Labute approximate surface area is 145 Å². The molecule has 2 aromatic rings. The molecule has 1 aliphatic rings. The Morgan fingerprint density at radius 3 is 2.75 bits per heavy atom. The van der Waals surface area contributed by atoms with Gasteiger partial charge in [0.05, 0.1) is 23.1 Å². The Morgan fingerprint density at radius 2 is 2.12 bits per heavy atom. The summed E-state index contributed by atoms with van der Waals surface area (Å²) in [5.41, 5.74) is 2.31. The first-order valence-corrected chi connectivity index (χ1v) is 8.86. The van der Waals surface area contributed by atoms with Crippen molar-refractivity contribution in [1.82, 2.24) is 19.7 Å². The normalized spacial score (nSPS) is 22.5. The Hall–Kier alpha value is -1.88. The van der Waals surface area contributed by atoms with Gasteiger partial charge in [0.2, 0.25) is 0 Å². The SMILES string of the molecule is C[C@H]1CN(Cc2ccccn2)CC[C@H]1Nc1cnn(C(C)(C)C)c1. The third kappa shape index (κ3) is 4.15. The lowest BCUT2D eigenvalue weighted by Crippen LogP contribution is -2.44. The molecule has 0 aliphatic carbocycles. The number of anilines is 1. The topological polar surface area (TPSA) is 46.0 Å². The maximum absolute atomic E-state index is 4.48. The van der Waals surface area contributed by atoms with E-state index in [-0.39, 0.29) is 5.54 Å². The van der Waals surface area contributed by atoms with Gasteiger partial charge in [-0.15, -0.1) is 0 Å². The molecule has 0 bridgehead atoms. The lowest BCUT2D eigenvalue weighted by molar-refractivity contribution is 0.163. The van der Waals surface area contributed by atoms with E-state index in [4.69, 9.17) is 0 Å². The van der Waals surface area contributed by atoms with Gasteiger partial charge in [0.1, 0.15) is 0 Å². The predicted octanol–water partition coefficient (Wildman–Crippen LogP) is 3.36. The molecule has 1 N–H and O–H groups in total. The van der Waals surface area contributed by atoms with Gasteiger partial charge >= 0.3 is 0 Å². The van der Waals surface area contributed by atoms with E-state index in [1.807, 2.05) is 23.1 Å². The van der Waals surface area contributed by atoms with Crippen LogP contribution in [-0.4, -0.2) is 38.8 Å². The van der Waals surface area contributed by atoms with E-state index in [1.54, 1.807) is 0 Å². The van der Waals surface area contributed by atoms with Gasteiger partial charge in [0.15, 0.2) is 0 Å². The quantitative estimate of drug-likeness (QED) is 0.935. The number of nitrogens with one attached hydrogen (secondary N) is 1. The van der Waals surface area contributed by atoms with E-state index in [0.717, 1.165) is 37.4 Å². The molecular weight excluding hydrogens is 298 g/mol. The largest absolute Gasteiger partial charge is 0.379 e. The second kappa shape index (κ2) is 6.93. The summed E-state index contributed by atoms with van der Waals surface area (Å²) in [6.07, 6.45) is 7.08. The van der Waals surface area contributed by atoms with Gasteiger partial charge in [-0.25, -0.2) is 0 Å². The summed E-state index contributed by atoms with van der Waals surface area (Å²) in [5, 5.41) is 8.17. The van der Waals surface area contributed by atoms with Crippen LogP contribution >= 0.6 is 0 Å². The molecule has 3 rings (SSSR count). The van der Waals surface area contributed by atoms with Crippen molar-refractivity contribution in [3.8, 4) is 0 Å². The van der Waals surface area contributed by atoms with Gasteiger partial charge in [0.25, 0.3) is 0 Å². The van der Waals surface area contributed by atoms with Crippen LogP contribution in [0.15, 0.2) is 36.8 Å². The summed E-state index contributed by atoms with van der Waals surface area (Å²) in [7, 11) is 0. The van der Waals surface area contributed by atoms with E-state index in [1.165, 1.54) is 0 Å². The second-order valence-electron chi connectivity index (χ2n) is 7.92. The molecule has 1 fully saturated rings. The van der Waals surface area contributed by atoms with Crippen LogP contribution < -0.4 is 5.32 Å². The molecule has 2 aromatic heterocycles. The van der Waals surface area contributed by atoms with E-state index >= 15 is 0 Å². The van der Waals surface area contributed by atoms with Crippen LogP contribution in [0.3, 0.4) is 0 Å². The number of pyridine rings is 1. The van der Waals surface area contributed by atoms with Crippen molar-refractivity contribution < 1.29 is 0 Å². The number of nitrogens with zero attached hydrogens (tertiary/aromatic N) is 4. The average Bonchev–Trinajstić information content (AvgIpc) is 3.00. The number of hydrogen-bond acceptors (Lipinski definition) is 4. The molecule has 0 amide bonds. The number of rotatable bonds is 4. The van der Waals surface area contributed by atoms with Crippen LogP contribution in [0.2, 0.25) is 0 Å². The summed E-state index contributed by atoms with van der Waals surface area (Å²) in [6, 6.07) is 6.64. The van der Waals surface area contributed by atoms with Gasteiger partial charge < -0.3 is 5.32 Å². The number of hydrogen-bond donors (Lipinski definition) is 1. The summed E-state index contributed by atoms with van der Waals surface area (Å²) in [5.74, 6) is 0.598. The maximum Gasteiger partial charge on any atom is 0.0729 e. The zero-order valence-electron chi connectivity index (χ0n) is 15.2. The summed E-state index contributed by atoms with van der Waals surface area (Å²) in [4.78, 5) is 6.95. The van der Waals surface area contributed by atoms with Crippen LogP contribution in [0.1, 0.15) is 39.8 Å². The fourth-order valence-corrected chi connectivity index (χ4v) is 3.29. The highest BCUT2D eigenvalue weighted by Crippen LogP contribution is 2.23. The van der Waals surface area contributed by atoms with Crippen LogP contribution in [0.25, 0.3) is 0 Å². The van der Waals surface area contributed by atoms with Crippen LogP contribution in [-0.2, 0) is 12.1 Å². The van der Waals surface area contributed by atoms with Gasteiger partial charge in [0, 0.05) is 38.1 Å². The van der Waals surface area contributed by atoms with E-state index in [9.17, 15) is 0 Å². The highest BCUT2D eigenvalue weighted by atomic mass is 15.3. The Kier molecular flexibility index (Phi) is 4.90. The average molecular weight is 327 g/mol. The number of piperidine rings is 1. The molecule has 5 heteroatoms. The summed E-state index contributed by atoms with van der Waals surface area (Å²) < 4.78 is 2.02. The monoisotopic (exact) mass is 327 g/mol. The fourth-order valence-electron chi connectivity index (χ4n) is 3.29. The van der Waals surface area contributed by atoms with Gasteiger partial charge in [-0.2, -0.15) is 5.10 Å². The lowest BCUT2D eigenvalue weighted by atomic mass is 9.93. The first kappa shape index (κ1) is 17.0. The molecule has 0 radical (unpaired) electrons. The van der Waals surface area contributed by atoms with Crippen molar-refractivity contribution in [2.45, 2.75) is 52.2 Å². The minimum absolute atomic E-state index is 0.0254. The first-order chi connectivity index (χ1) is 11.4. The zero-order valence-corrected chi connectivity index (χ0v) is 15.2. The van der Waals surface area contributed by atoms with Crippen molar-refractivity contribution in [2.75, 3.05) is 18.4 Å². The van der Waals surface area contributed by atoms with E-state index in [2.05, 4.69) is 66.3 Å². The number of likely N-dealkylation sites (tertiary alicyclic amines) is 1.